The number of anilines is 6. The van der Waals surface area contributed by atoms with E-state index in [1.165, 1.54) is 11.1 Å². The SMILES string of the molecule is [2H]c1c([2H])c([2H])c2c(c1[2H])c1c([2H])c(-c3ccccc3)c([2H])c([2H])c1n2-c1ccc2c(c1)N(c1c(-c3ccccc3)cc(C(C)(C)C)cc1-c1ccccc1)c1cc(-c3ccc4c(c3)-c3ccccc3C43c4ccccc4-c4ccccc43)cc3c1B2c1ccc(-n2c4c([2H])c([2H])c([2H])c([2H])c4c4c([2H])c(-c5ccccc5)c([2H])c([2H])c42)cc1N3c1c(-c2cccc3c2ccc2ccccc23)cccc1-c1cccc2c1ccc1ccccc12. The van der Waals surface area contributed by atoms with Gasteiger partial charge in [-0.25, -0.2) is 0 Å². The molecule has 1 spiro atoms. The van der Waals surface area contributed by atoms with Gasteiger partial charge in [0.25, 0.3) is 6.71 Å². The van der Waals surface area contributed by atoms with Crippen LogP contribution in [0.5, 0.6) is 0 Å². The fourth-order valence-electron chi connectivity index (χ4n) is 24.0. The van der Waals surface area contributed by atoms with Crippen LogP contribution in [0.2, 0.25) is 0 Å². The maximum atomic E-state index is 10.7. The van der Waals surface area contributed by atoms with E-state index in [2.05, 4.69) is 346 Å². The molecule has 0 atom stereocenters. The molecule has 2 aliphatic heterocycles. The average molecular weight is 1790 g/mol. The van der Waals surface area contributed by atoms with E-state index in [0.29, 0.717) is 39.6 Å². The molecule has 29 rings (SSSR count). The van der Waals surface area contributed by atoms with E-state index in [1.54, 1.807) is 33.4 Å². The maximum absolute atomic E-state index is 10.7. The summed E-state index contributed by atoms with van der Waals surface area (Å²) < 4.78 is 146. The highest BCUT2D eigenvalue weighted by molar-refractivity contribution is 7.00. The molecule has 2 aliphatic carbocycles. The summed E-state index contributed by atoms with van der Waals surface area (Å²) in [5.74, 6) is 0. The van der Waals surface area contributed by atoms with Gasteiger partial charge in [0.05, 0.1) is 58.0 Å². The van der Waals surface area contributed by atoms with Gasteiger partial charge in [0.1, 0.15) is 0 Å². The molecule has 25 aromatic rings. The molecule has 4 heterocycles. The molecule has 0 saturated heterocycles. The lowest BCUT2D eigenvalue weighted by Gasteiger charge is -2.46. The fraction of sp³-hybridized carbons (Fsp3) is 0.0370. The molecule has 23 aromatic carbocycles. The minimum Gasteiger partial charge on any atom is -0.310 e. The van der Waals surface area contributed by atoms with Crippen molar-refractivity contribution in [2.75, 3.05) is 9.80 Å². The van der Waals surface area contributed by atoms with Crippen LogP contribution in [0.15, 0.2) is 485 Å². The van der Waals surface area contributed by atoms with E-state index in [-0.39, 0.29) is 91.0 Å². The van der Waals surface area contributed by atoms with Crippen LogP contribution in [0.25, 0.3) is 198 Å². The van der Waals surface area contributed by atoms with Crippen LogP contribution in [-0.4, -0.2) is 15.8 Å². The molecule has 0 fully saturated rings. The molecular formula is C135H89BN4. The van der Waals surface area contributed by atoms with E-state index >= 15 is 0 Å². The molecule has 0 N–H and O–H groups in total. The molecule has 2 aromatic heterocycles. The van der Waals surface area contributed by atoms with Crippen molar-refractivity contribution in [2.45, 2.75) is 31.6 Å². The minimum absolute atomic E-state index is 0.000662. The summed E-state index contributed by atoms with van der Waals surface area (Å²) in [7, 11) is 0. The summed E-state index contributed by atoms with van der Waals surface area (Å²) in [4.78, 5) is 4.88. The first-order valence-corrected chi connectivity index (χ1v) is 47.9. The predicted molar refractivity (Wildman–Crippen MR) is 592 cm³/mol. The lowest BCUT2D eigenvalue weighted by Crippen LogP contribution is -2.61. The zero-order chi connectivity index (χ0) is 105. The van der Waals surface area contributed by atoms with Crippen molar-refractivity contribution < 1.29 is 19.2 Å². The predicted octanol–water partition coefficient (Wildman–Crippen LogP) is 33.9. The molecule has 0 bridgehead atoms. The first-order valence-electron chi connectivity index (χ1n) is 54.9. The molecule has 0 radical (unpaired) electrons. The highest BCUT2D eigenvalue weighted by Gasteiger charge is 2.53. The van der Waals surface area contributed by atoms with Crippen molar-refractivity contribution >= 4 is 144 Å². The van der Waals surface area contributed by atoms with E-state index < -0.39 is 65.9 Å². The number of rotatable bonds is 11. The Kier molecular flexibility index (Phi) is 14.6. The van der Waals surface area contributed by atoms with Crippen LogP contribution >= 0.6 is 0 Å². The van der Waals surface area contributed by atoms with Crippen molar-refractivity contribution in [3.05, 3.63) is 513 Å². The van der Waals surface area contributed by atoms with Crippen molar-refractivity contribution in [1.29, 1.82) is 0 Å². The van der Waals surface area contributed by atoms with Gasteiger partial charge in [0, 0.05) is 77.9 Å². The van der Waals surface area contributed by atoms with E-state index in [0.717, 1.165) is 171 Å². The fourth-order valence-corrected chi connectivity index (χ4v) is 24.0. The number of fused-ring (bicyclic) bond motifs is 26. The van der Waals surface area contributed by atoms with E-state index in [1.807, 2.05) is 60.7 Å². The van der Waals surface area contributed by atoms with Crippen LogP contribution in [0.1, 0.15) is 67.8 Å². The number of nitrogens with zero attached hydrogens (tertiary/aromatic N) is 4. The van der Waals surface area contributed by atoms with Crippen LogP contribution in [0.3, 0.4) is 0 Å². The standard InChI is InChI=1S/C135H89BN4/c1-134(2,3)94-80-112(86-37-12-6-13-38-86)133(113(81-94)87-39-14-7-15-40-87)140-128-83-96(138-124-60-29-24-49-109(124)116-77-91(65-74-126(116)138)85-35-10-5-11-36-85)67-72-122(128)136-121-71-66-95(137-123-59-28-23-48-108(123)115-76-90(64-73-125(115)137)84-33-8-4-9-34-84)82-127(121)139(129-78-93(79-130(140)131(129)136)92-63-70-120-114(75-92)107-47-22-27-58-119(107)135(120)117-56-25-20-45-105(117)106-46-21-26-57-118(106)135)132-110(101-52-30-50-99-97-43-18-16-41-88(97)61-68-103(99)101)54-32-55-111(132)102-53-31-51-100-98-44-19-17-42-89(98)62-69-104(100)102/h4-83H,1-3H3/i23D,24D,28D,29D,48D,49D,59D,60D,64D,65D,73D,74D,76D,77D. The summed E-state index contributed by atoms with van der Waals surface area (Å²) >= 11 is 0. The Bertz CT molecular complexity index is 10300. The van der Waals surface area contributed by atoms with Crippen molar-refractivity contribution in [1.82, 2.24) is 9.13 Å². The van der Waals surface area contributed by atoms with Gasteiger partial charge in [0.15, 0.2) is 0 Å². The van der Waals surface area contributed by atoms with Gasteiger partial charge in [-0.05, 0) is 261 Å². The second-order valence-electron chi connectivity index (χ2n) is 38.4. The monoisotopic (exact) mass is 1790 g/mol. The Morgan fingerprint density at radius 2 is 0.621 bits per heavy atom. The Hall–Kier alpha value is -17.6. The summed E-state index contributed by atoms with van der Waals surface area (Å²) in [6.45, 7) is 5.86. The topological polar surface area (TPSA) is 16.3 Å². The highest BCUT2D eigenvalue weighted by atomic mass is 15.2. The third-order valence-electron chi connectivity index (χ3n) is 30.1. The number of hydrogen-bond donors (Lipinski definition) is 0. The second kappa shape index (κ2) is 30.7. The smallest absolute Gasteiger partial charge is 0.252 e. The Morgan fingerprint density at radius 1 is 0.236 bits per heavy atom. The first kappa shape index (κ1) is 66.7. The third-order valence-corrected chi connectivity index (χ3v) is 30.1. The summed E-state index contributed by atoms with van der Waals surface area (Å²) in [5, 5.41) is 8.44. The van der Waals surface area contributed by atoms with Gasteiger partial charge >= 0.3 is 0 Å². The third kappa shape index (κ3) is 11.7. The van der Waals surface area contributed by atoms with Gasteiger partial charge < -0.3 is 18.9 Å². The largest absolute Gasteiger partial charge is 0.310 e. The summed E-state index contributed by atoms with van der Waals surface area (Å²) in [6, 6.07) is 135. The molecule has 4 nitrogen and oxygen atoms in total. The first-order chi connectivity index (χ1) is 75.0. The lowest BCUT2D eigenvalue weighted by molar-refractivity contribution is 0.591. The molecule has 0 unspecified atom stereocenters. The van der Waals surface area contributed by atoms with Gasteiger partial charge in [-0.3, -0.25) is 0 Å². The van der Waals surface area contributed by atoms with E-state index in [9.17, 15) is 19.2 Å². The van der Waals surface area contributed by atoms with Gasteiger partial charge in [-0.2, -0.15) is 0 Å². The zero-order valence-electron chi connectivity index (χ0n) is 90.5. The van der Waals surface area contributed by atoms with E-state index in [4.69, 9.17) is 0 Å². The van der Waals surface area contributed by atoms with Crippen LogP contribution < -0.4 is 26.2 Å². The molecule has 140 heavy (non-hydrogen) atoms. The lowest BCUT2D eigenvalue weighted by atomic mass is 9.33. The number of benzene rings is 23. The Morgan fingerprint density at radius 3 is 1.10 bits per heavy atom. The van der Waals surface area contributed by atoms with Crippen LogP contribution in [-0.2, 0) is 10.8 Å². The van der Waals surface area contributed by atoms with Crippen molar-refractivity contribution in [3.8, 4) is 112 Å². The van der Waals surface area contributed by atoms with Gasteiger partial charge in [-0.15, -0.1) is 0 Å². The Balaban J connectivity index is 0.828. The number of aromatic nitrogens is 2. The molecule has 4 aliphatic rings. The van der Waals surface area contributed by atoms with Crippen LogP contribution in [0, 0.1) is 0 Å². The molecule has 0 amide bonds. The maximum Gasteiger partial charge on any atom is 0.252 e. The molecule has 5 heteroatoms. The average Bonchev–Trinajstić information content (AvgIpc) is 1.62. The highest BCUT2D eigenvalue weighted by Crippen LogP contribution is 2.64. The minimum atomic E-state index is -0.864. The van der Waals surface area contributed by atoms with Crippen LogP contribution in [0.4, 0.5) is 34.1 Å². The number of hydrogen-bond acceptors (Lipinski definition) is 2. The quantitative estimate of drug-likeness (QED) is 0.0948. The molecule has 0 saturated carbocycles. The molecular weight excluding hydrogens is 1690 g/mol. The van der Waals surface area contributed by atoms with Gasteiger partial charge in [0.2, 0.25) is 0 Å². The van der Waals surface area contributed by atoms with Gasteiger partial charge in [-0.1, -0.05) is 415 Å². The normalized spacial score (nSPS) is 14.5. The summed E-state index contributed by atoms with van der Waals surface area (Å²) in [5.41, 5.74) is 26.1. The number of para-hydroxylation sites is 3. The second-order valence-corrected chi connectivity index (χ2v) is 38.4. The molecule has 652 valence electrons. The Labute approximate surface area is 832 Å². The van der Waals surface area contributed by atoms with Crippen molar-refractivity contribution in [3.63, 3.8) is 0 Å². The zero-order valence-corrected chi connectivity index (χ0v) is 76.5. The summed E-state index contributed by atoms with van der Waals surface area (Å²) in [6.07, 6.45) is 0. The van der Waals surface area contributed by atoms with Crippen molar-refractivity contribution in [2.24, 2.45) is 0 Å².